The van der Waals surface area contributed by atoms with Gasteiger partial charge in [-0.05, 0) is 25.8 Å². The van der Waals surface area contributed by atoms with Crippen molar-refractivity contribution in [2.45, 2.75) is 63.5 Å². The summed E-state index contributed by atoms with van der Waals surface area (Å²) in [6.45, 7) is 5.79. The van der Waals surface area contributed by atoms with Crippen LogP contribution in [0.1, 0.15) is 51.4 Å². The average molecular weight is 513 g/mol. The van der Waals surface area contributed by atoms with Crippen molar-refractivity contribution in [3.05, 3.63) is 37.1 Å². The van der Waals surface area contributed by atoms with Gasteiger partial charge in [-0.2, -0.15) is 12.8 Å². The number of likely N-dealkylation sites (tertiary alicyclic amines) is 1. The fraction of sp³-hybridized carbons (Fsp3) is 0.667. The van der Waals surface area contributed by atoms with Gasteiger partial charge in [0.1, 0.15) is 0 Å². The van der Waals surface area contributed by atoms with Crippen LogP contribution in [-0.2, 0) is 0 Å². The van der Waals surface area contributed by atoms with E-state index >= 15 is 0 Å². The van der Waals surface area contributed by atoms with E-state index in [1.165, 1.54) is 44.1 Å². The van der Waals surface area contributed by atoms with Gasteiger partial charge in [-0.15, -0.1) is 6.04 Å². The van der Waals surface area contributed by atoms with Gasteiger partial charge in [0.2, 0.25) is 0 Å². The summed E-state index contributed by atoms with van der Waals surface area (Å²) in [5, 5.41) is 9.37. The summed E-state index contributed by atoms with van der Waals surface area (Å²) in [5.74, 6) is 0. The van der Waals surface area contributed by atoms with Crippen molar-refractivity contribution in [3.8, 4) is 0 Å². The second kappa shape index (κ2) is 11.1. The van der Waals surface area contributed by atoms with Crippen LogP contribution in [-0.4, -0.2) is 35.2 Å². The molecule has 3 rings (SSSR count). The van der Waals surface area contributed by atoms with E-state index in [0.717, 1.165) is 25.9 Å². The molecule has 0 aromatic heterocycles. The first-order chi connectivity index (χ1) is 9.79. The van der Waals surface area contributed by atoms with E-state index in [0.29, 0.717) is 6.04 Å². The summed E-state index contributed by atoms with van der Waals surface area (Å²) < 4.78 is 0. The molecule has 116 valence electrons. The molecule has 3 heteroatoms. The van der Waals surface area contributed by atoms with E-state index in [2.05, 4.69) is 36.5 Å². The Bertz CT molecular complexity index is 331. The molecule has 2 atom stereocenters. The molecule has 2 nitrogen and oxygen atoms in total. The van der Waals surface area contributed by atoms with Crippen molar-refractivity contribution in [1.29, 1.82) is 0 Å². The summed E-state index contributed by atoms with van der Waals surface area (Å²) in [6.07, 6.45) is 18.7. The molecule has 2 aliphatic carbocycles. The summed E-state index contributed by atoms with van der Waals surface area (Å²) in [7, 11) is 0. The quantitative estimate of drug-likeness (QED) is 0.570. The molecule has 1 N–H and O–H groups in total. The van der Waals surface area contributed by atoms with Crippen molar-refractivity contribution in [2.24, 2.45) is 0 Å². The van der Waals surface area contributed by atoms with Crippen LogP contribution in [0.5, 0.6) is 0 Å². The first kappa shape index (κ1) is 19.5. The molecule has 0 radical (unpaired) electrons. The summed E-state index contributed by atoms with van der Waals surface area (Å²) in [4.78, 5) is 2.43. The molecular weight excluding hydrogens is 484 g/mol. The minimum atomic E-state index is -0.0553. The van der Waals surface area contributed by atoms with Crippen molar-refractivity contribution in [3.63, 3.8) is 0 Å². The Morgan fingerprint density at radius 1 is 1.29 bits per heavy atom. The first-order valence-corrected chi connectivity index (χ1v) is 8.20. The summed E-state index contributed by atoms with van der Waals surface area (Å²) in [5.41, 5.74) is 1.39. The van der Waals surface area contributed by atoms with E-state index in [4.69, 9.17) is 0 Å². The number of β-amino-alcohol motifs (C(OH)–C–C–N with tert-alkyl or cyclic N) is 1. The normalized spacial score (nSPS) is 29.1. The molecule has 1 saturated carbocycles. The molecule has 1 aliphatic heterocycles. The molecule has 1 heterocycles. The Kier molecular flexibility index (Phi) is 10.3. The number of allylic oxidation sites excluding steroid dienone is 4. The van der Waals surface area contributed by atoms with Gasteiger partial charge in [-0.3, -0.25) is 0 Å². The van der Waals surface area contributed by atoms with Gasteiger partial charge < -0.3 is 23.4 Å². The van der Waals surface area contributed by atoms with Crippen molar-refractivity contribution in [1.82, 2.24) is 4.90 Å². The maximum Gasteiger partial charge on any atom is 2.00 e. The van der Waals surface area contributed by atoms with E-state index in [1.54, 1.807) is 0 Å². The zero-order valence-corrected chi connectivity index (χ0v) is 17.3. The summed E-state index contributed by atoms with van der Waals surface area (Å²) in [6, 6.07) is 0.677. The molecule has 21 heavy (non-hydrogen) atoms. The third-order valence-electron chi connectivity index (χ3n) is 4.42. The number of aliphatic hydroxyl groups is 1. The van der Waals surface area contributed by atoms with Crippen LogP contribution in [0.4, 0.5) is 0 Å². The molecule has 0 aromatic carbocycles. The first-order valence-electron chi connectivity index (χ1n) is 8.20. The Hall–Kier alpha value is 0.452. The molecule has 0 amide bonds. The van der Waals surface area contributed by atoms with Crippen LogP contribution in [0.3, 0.4) is 0 Å². The monoisotopic (exact) mass is 513 g/mol. The van der Waals surface area contributed by atoms with Gasteiger partial charge in [-0.1, -0.05) is 43.1 Å². The smallest absolute Gasteiger partial charge is 0.392 e. The Labute approximate surface area is 154 Å². The minimum absolute atomic E-state index is 0. The van der Waals surface area contributed by atoms with Crippen LogP contribution in [0.2, 0.25) is 0 Å². The third kappa shape index (κ3) is 7.04. The number of hydrogen-bond donors (Lipinski definition) is 1. The van der Waals surface area contributed by atoms with E-state index < -0.39 is 0 Å². The van der Waals surface area contributed by atoms with Gasteiger partial charge in [0, 0.05) is 6.54 Å². The van der Waals surface area contributed by atoms with Crippen LogP contribution >= 0.6 is 0 Å². The van der Waals surface area contributed by atoms with Crippen LogP contribution in [0, 0.1) is 44.5 Å². The van der Waals surface area contributed by atoms with Gasteiger partial charge in [0.15, 0.2) is 0 Å². The Morgan fingerprint density at radius 2 is 2.14 bits per heavy atom. The van der Waals surface area contributed by atoms with Gasteiger partial charge >= 0.3 is 31.1 Å². The molecule has 0 aromatic rings. The molecule has 2 unspecified atom stereocenters. The Balaban J connectivity index is 0.000000216. The van der Waals surface area contributed by atoms with Crippen LogP contribution in [0.25, 0.3) is 0 Å². The van der Waals surface area contributed by atoms with Gasteiger partial charge in [0.25, 0.3) is 0 Å². The number of hydrogen-bond acceptors (Lipinski definition) is 2. The average Bonchev–Trinajstić information content (AvgIpc) is 2.96. The number of rotatable bonds is 2. The maximum absolute atomic E-state index is 9.37. The molecule has 0 bridgehead atoms. The molecule has 2 fully saturated rings. The number of aliphatic hydroxyl groups excluding tert-OH is 1. The SMILES string of the molecule is OC1CCN(C2[CH-]CCCC2)C1.[CH2-]CC1=CCCC=C1.[U+2]. The fourth-order valence-electron chi connectivity index (χ4n) is 3.18. The number of nitrogens with zero attached hydrogens (tertiary/aromatic N) is 1. The topological polar surface area (TPSA) is 23.5 Å². The standard InChI is InChI=1S/C10H18NO.C8H11.U/c12-10-6-7-11(8-10)9-4-2-1-3-5-9;1-2-8-6-4-3-5-7-8;/h4,9-10,12H,1-3,5-8H2;4,6-7H,1-3,5H2;/q2*-1;+2. The second-order valence-corrected chi connectivity index (χ2v) is 6.03. The van der Waals surface area contributed by atoms with Crippen molar-refractivity contribution >= 4 is 0 Å². The van der Waals surface area contributed by atoms with E-state index in [1.807, 2.05) is 0 Å². The van der Waals surface area contributed by atoms with Crippen LogP contribution in [0.15, 0.2) is 23.8 Å². The Morgan fingerprint density at radius 3 is 2.62 bits per heavy atom. The van der Waals surface area contributed by atoms with Gasteiger partial charge in [-0.25, -0.2) is 0 Å². The zero-order chi connectivity index (χ0) is 14.2. The van der Waals surface area contributed by atoms with E-state index in [9.17, 15) is 5.11 Å². The second-order valence-electron chi connectivity index (χ2n) is 6.03. The molecule has 3 aliphatic rings. The molecular formula is C18H29NOU. The van der Waals surface area contributed by atoms with Crippen LogP contribution < -0.4 is 0 Å². The summed E-state index contributed by atoms with van der Waals surface area (Å²) >= 11 is 0. The third-order valence-corrected chi connectivity index (χ3v) is 4.42. The fourth-order valence-corrected chi connectivity index (χ4v) is 3.18. The van der Waals surface area contributed by atoms with Crippen molar-refractivity contribution in [2.75, 3.05) is 13.1 Å². The predicted molar refractivity (Wildman–Crippen MR) is 85.2 cm³/mol. The van der Waals surface area contributed by atoms with Gasteiger partial charge in [0.05, 0.1) is 6.10 Å². The van der Waals surface area contributed by atoms with Crippen molar-refractivity contribution < 1.29 is 36.2 Å². The molecule has 0 spiro atoms. The molecule has 1 saturated heterocycles. The van der Waals surface area contributed by atoms with E-state index in [-0.39, 0.29) is 37.2 Å². The zero-order valence-electron chi connectivity index (χ0n) is 13.1. The predicted octanol–water partition coefficient (Wildman–Crippen LogP) is 3.69. The maximum atomic E-state index is 9.37. The largest absolute Gasteiger partial charge is 2.00 e. The minimum Gasteiger partial charge on any atom is -0.392 e.